The lowest BCUT2D eigenvalue weighted by atomic mass is 10.2. The van der Waals surface area contributed by atoms with Gasteiger partial charge in [0, 0.05) is 21.9 Å². The molecule has 30 heavy (non-hydrogen) atoms. The van der Waals surface area contributed by atoms with E-state index in [0.717, 1.165) is 10.4 Å². The minimum Gasteiger partial charge on any atom is -0.493 e. The second kappa shape index (κ2) is 10.3. The van der Waals surface area contributed by atoms with Crippen molar-refractivity contribution in [3.63, 3.8) is 0 Å². The van der Waals surface area contributed by atoms with Crippen molar-refractivity contribution in [2.75, 3.05) is 20.0 Å². The lowest BCUT2D eigenvalue weighted by Gasteiger charge is -2.10. The number of carbonyl (C=O) groups excluding carboxylic acids is 1. The topological polar surface area (TPSA) is 90.6 Å². The van der Waals surface area contributed by atoms with Gasteiger partial charge in [-0.2, -0.15) is 5.10 Å². The van der Waals surface area contributed by atoms with Gasteiger partial charge in [-0.15, -0.1) is 21.5 Å². The average molecular weight is 446 g/mol. The number of thioether (sulfide) groups is 1. The molecule has 1 amide bonds. The van der Waals surface area contributed by atoms with Crippen LogP contribution >= 0.6 is 23.1 Å². The van der Waals surface area contributed by atoms with Crippen LogP contribution in [0, 0.1) is 6.92 Å². The number of methoxy groups -OCH3 is 2. The number of hydrogen-bond acceptors (Lipinski definition) is 8. The van der Waals surface area contributed by atoms with Crippen LogP contribution in [0.1, 0.15) is 16.7 Å². The van der Waals surface area contributed by atoms with E-state index in [2.05, 4.69) is 20.7 Å². The van der Waals surface area contributed by atoms with E-state index in [1.165, 1.54) is 16.6 Å². The van der Waals surface area contributed by atoms with Crippen molar-refractivity contribution < 1.29 is 14.3 Å². The van der Waals surface area contributed by atoms with Crippen LogP contribution in [0.15, 0.2) is 40.6 Å². The number of aryl methyl sites for hydroxylation is 1. The Morgan fingerprint density at radius 3 is 2.70 bits per heavy atom. The molecule has 158 valence electrons. The Labute approximate surface area is 183 Å². The fourth-order valence-corrected chi connectivity index (χ4v) is 4.27. The number of nitrogens with zero attached hydrogens (tertiary/aromatic N) is 4. The molecule has 8 nitrogen and oxygen atoms in total. The van der Waals surface area contributed by atoms with Gasteiger partial charge in [0.15, 0.2) is 22.5 Å². The molecule has 0 saturated carbocycles. The maximum Gasteiger partial charge on any atom is 0.250 e. The number of nitrogens with one attached hydrogen (secondary N) is 1. The second-order valence-electron chi connectivity index (χ2n) is 6.15. The van der Waals surface area contributed by atoms with Gasteiger partial charge in [-0.3, -0.25) is 4.79 Å². The van der Waals surface area contributed by atoms with Gasteiger partial charge < -0.3 is 14.0 Å². The Kier molecular flexibility index (Phi) is 7.47. The van der Waals surface area contributed by atoms with E-state index < -0.39 is 0 Å². The van der Waals surface area contributed by atoms with E-state index in [1.807, 2.05) is 48.7 Å². The summed E-state index contributed by atoms with van der Waals surface area (Å²) in [6.07, 6.45) is 1.64. The molecule has 1 N–H and O–H groups in total. The molecule has 0 atom stereocenters. The molecule has 3 rings (SSSR count). The summed E-state index contributed by atoms with van der Waals surface area (Å²) >= 11 is 2.93. The van der Waals surface area contributed by atoms with Crippen LogP contribution in [-0.2, 0) is 11.3 Å². The predicted molar refractivity (Wildman–Crippen MR) is 120 cm³/mol. The highest BCUT2D eigenvalue weighted by Gasteiger charge is 2.16. The number of aromatic nitrogens is 3. The number of ether oxygens (including phenoxy) is 2. The monoisotopic (exact) mass is 445 g/mol. The molecule has 0 bridgehead atoms. The third-order valence-corrected chi connectivity index (χ3v) is 6.05. The highest BCUT2D eigenvalue weighted by Crippen LogP contribution is 2.32. The van der Waals surface area contributed by atoms with E-state index >= 15 is 0 Å². The number of hydrogen-bond donors (Lipinski definition) is 1. The summed E-state index contributed by atoms with van der Waals surface area (Å²) in [7, 11) is 3.19. The summed E-state index contributed by atoms with van der Waals surface area (Å²) in [5.74, 6) is 1.95. The summed E-state index contributed by atoms with van der Waals surface area (Å²) in [5.41, 5.74) is 3.40. The van der Waals surface area contributed by atoms with Gasteiger partial charge in [0.1, 0.15) is 0 Å². The minimum atomic E-state index is -0.206. The normalized spacial score (nSPS) is 11.1. The first-order valence-electron chi connectivity index (χ1n) is 9.22. The highest BCUT2D eigenvalue weighted by atomic mass is 32.2. The van der Waals surface area contributed by atoms with Crippen LogP contribution in [0.25, 0.3) is 11.4 Å². The maximum absolute atomic E-state index is 12.1. The summed E-state index contributed by atoms with van der Waals surface area (Å²) in [4.78, 5) is 14.3. The molecule has 2 heterocycles. The summed E-state index contributed by atoms with van der Waals surface area (Å²) in [6.45, 7) is 4.69. The van der Waals surface area contributed by atoms with Gasteiger partial charge in [-0.25, -0.2) is 5.43 Å². The van der Waals surface area contributed by atoms with Crippen molar-refractivity contribution in [3.05, 3.63) is 40.1 Å². The number of thiophene rings is 1. The standard InChI is InChI=1S/C20H23N5O3S2/c1-5-25-19(14-7-9-16(27-3)17(10-14)28-4)23-24-20(25)29-12-18(26)22-21-11-15-8-6-13(2)30-15/h6-11H,5,12H2,1-4H3,(H,22,26). The van der Waals surface area contributed by atoms with Gasteiger partial charge >= 0.3 is 0 Å². The quantitative estimate of drug-likeness (QED) is 0.307. The van der Waals surface area contributed by atoms with Crippen LogP contribution in [0.3, 0.4) is 0 Å². The van der Waals surface area contributed by atoms with Crippen LogP contribution in [0.4, 0.5) is 0 Å². The lowest BCUT2D eigenvalue weighted by Crippen LogP contribution is -2.19. The smallest absolute Gasteiger partial charge is 0.250 e. The lowest BCUT2D eigenvalue weighted by molar-refractivity contribution is -0.118. The number of benzene rings is 1. The number of hydrazone groups is 1. The van der Waals surface area contributed by atoms with Crippen molar-refractivity contribution in [1.29, 1.82) is 0 Å². The van der Waals surface area contributed by atoms with E-state index in [4.69, 9.17) is 9.47 Å². The fourth-order valence-electron chi connectivity index (χ4n) is 2.72. The van der Waals surface area contributed by atoms with Gasteiger partial charge in [-0.1, -0.05) is 11.8 Å². The van der Waals surface area contributed by atoms with Crippen LogP contribution < -0.4 is 14.9 Å². The molecule has 0 spiro atoms. The molecule has 0 fully saturated rings. The first-order valence-corrected chi connectivity index (χ1v) is 11.0. The van der Waals surface area contributed by atoms with Crippen molar-refractivity contribution in [3.8, 4) is 22.9 Å². The minimum absolute atomic E-state index is 0.185. The Morgan fingerprint density at radius 2 is 2.03 bits per heavy atom. The van der Waals surface area contributed by atoms with Gasteiger partial charge in [0.2, 0.25) is 0 Å². The Bertz CT molecular complexity index is 1040. The zero-order valence-corrected chi connectivity index (χ0v) is 18.8. The van der Waals surface area contributed by atoms with Gasteiger partial charge in [-0.05, 0) is 44.2 Å². The van der Waals surface area contributed by atoms with E-state index in [1.54, 1.807) is 31.8 Å². The van der Waals surface area contributed by atoms with Crippen molar-refractivity contribution >= 4 is 35.2 Å². The van der Waals surface area contributed by atoms with Crippen molar-refractivity contribution in [1.82, 2.24) is 20.2 Å². The number of carbonyl (C=O) groups is 1. The molecular formula is C20H23N5O3S2. The molecule has 3 aromatic rings. The van der Waals surface area contributed by atoms with Crippen LogP contribution in [0.5, 0.6) is 11.5 Å². The summed E-state index contributed by atoms with van der Waals surface area (Å²) in [5, 5.41) is 13.2. The number of rotatable bonds is 9. The molecule has 2 aromatic heterocycles. The van der Waals surface area contributed by atoms with Gasteiger partial charge in [0.05, 0.1) is 26.2 Å². The Hall–Kier alpha value is -2.85. The fraction of sp³-hybridized carbons (Fsp3) is 0.300. The van der Waals surface area contributed by atoms with Gasteiger partial charge in [0.25, 0.3) is 5.91 Å². The largest absolute Gasteiger partial charge is 0.493 e. The third kappa shape index (κ3) is 5.19. The summed E-state index contributed by atoms with van der Waals surface area (Å²) < 4.78 is 12.6. The van der Waals surface area contributed by atoms with E-state index in [0.29, 0.717) is 29.0 Å². The molecule has 10 heteroatoms. The first-order chi connectivity index (χ1) is 14.5. The zero-order valence-electron chi connectivity index (χ0n) is 17.2. The maximum atomic E-state index is 12.1. The summed E-state index contributed by atoms with van der Waals surface area (Å²) in [6, 6.07) is 9.56. The van der Waals surface area contributed by atoms with Crippen molar-refractivity contribution in [2.45, 2.75) is 25.5 Å². The zero-order chi connectivity index (χ0) is 21.5. The highest BCUT2D eigenvalue weighted by molar-refractivity contribution is 7.99. The SMILES string of the molecule is CCn1c(SCC(=O)NN=Cc2ccc(C)s2)nnc1-c1ccc(OC)c(OC)c1. The molecule has 0 radical (unpaired) electrons. The second-order valence-corrected chi connectivity index (χ2v) is 8.41. The third-order valence-electron chi connectivity index (χ3n) is 4.15. The molecule has 0 aliphatic carbocycles. The van der Waals surface area contributed by atoms with Crippen molar-refractivity contribution in [2.24, 2.45) is 5.10 Å². The van der Waals surface area contributed by atoms with Crippen LogP contribution in [0.2, 0.25) is 0 Å². The van der Waals surface area contributed by atoms with E-state index in [-0.39, 0.29) is 11.7 Å². The molecule has 0 unspecified atom stereocenters. The molecule has 0 aliphatic rings. The Morgan fingerprint density at radius 1 is 1.23 bits per heavy atom. The molecule has 0 saturated heterocycles. The number of amides is 1. The molecule has 0 aliphatic heterocycles. The van der Waals surface area contributed by atoms with E-state index in [9.17, 15) is 4.79 Å². The Balaban J connectivity index is 1.65. The first kappa shape index (κ1) is 21.8. The predicted octanol–water partition coefficient (Wildman–Crippen LogP) is 3.59. The molecular weight excluding hydrogens is 422 g/mol. The average Bonchev–Trinajstić information content (AvgIpc) is 3.37. The van der Waals surface area contributed by atoms with Crippen LogP contribution in [-0.4, -0.2) is 46.9 Å². The molecule has 1 aromatic carbocycles.